The van der Waals surface area contributed by atoms with Crippen molar-refractivity contribution in [1.29, 1.82) is 0 Å². The summed E-state index contributed by atoms with van der Waals surface area (Å²) in [5.41, 5.74) is 11.9. The second-order valence-corrected chi connectivity index (χ2v) is 2.66. The summed E-state index contributed by atoms with van der Waals surface area (Å²) in [6.07, 6.45) is 0. The van der Waals surface area contributed by atoms with Crippen LogP contribution in [-0.2, 0) is 0 Å². The van der Waals surface area contributed by atoms with E-state index in [0.717, 1.165) is 12.4 Å². The molecule has 0 spiro atoms. The number of pyridine rings is 1. The van der Waals surface area contributed by atoms with Crippen molar-refractivity contribution in [1.82, 2.24) is 4.98 Å². The van der Waals surface area contributed by atoms with E-state index in [1.807, 2.05) is 18.9 Å². The molecule has 0 atom stereocenters. The number of nitrogen functional groups attached to an aromatic ring is 2. The number of hydrogen-bond acceptors (Lipinski definition) is 4. The molecule has 66 valence electrons. The van der Waals surface area contributed by atoms with Crippen LogP contribution in [0.15, 0.2) is 12.1 Å². The highest BCUT2D eigenvalue weighted by molar-refractivity contribution is 5.64. The molecule has 0 fully saturated rings. The molecule has 0 saturated heterocycles. The summed E-state index contributed by atoms with van der Waals surface area (Å²) in [6, 6.07) is 3.46. The molecule has 1 aromatic rings. The maximum atomic E-state index is 5.71. The molecule has 4 heteroatoms. The monoisotopic (exact) mass is 166 g/mol. The van der Waals surface area contributed by atoms with Gasteiger partial charge < -0.3 is 16.4 Å². The Balaban J connectivity index is 3.04. The zero-order chi connectivity index (χ0) is 9.14. The molecule has 0 aliphatic carbocycles. The fourth-order valence-electron chi connectivity index (χ4n) is 0.929. The van der Waals surface area contributed by atoms with Crippen molar-refractivity contribution in [3.05, 3.63) is 12.1 Å². The van der Waals surface area contributed by atoms with Crippen LogP contribution >= 0.6 is 0 Å². The summed E-state index contributed by atoms with van der Waals surface area (Å²) in [7, 11) is 1.93. The van der Waals surface area contributed by atoms with Crippen LogP contribution in [0.2, 0.25) is 0 Å². The van der Waals surface area contributed by atoms with Gasteiger partial charge in [0.2, 0.25) is 0 Å². The van der Waals surface area contributed by atoms with Crippen LogP contribution in [0.5, 0.6) is 0 Å². The van der Waals surface area contributed by atoms with E-state index in [1.165, 1.54) is 0 Å². The van der Waals surface area contributed by atoms with Crippen LogP contribution in [0.3, 0.4) is 0 Å². The Kier molecular flexibility index (Phi) is 2.38. The van der Waals surface area contributed by atoms with Gasteiger partial charge in [0.1, 0.15) is 5.82 Å². The van der Waals surface area contributed by atoms with E-state index in [9.17, 15) is 0 Å². The smallest absolute Gasteiger partial charge is 0.153 e. The van der Waals surface area contributed by atoms with Crippen molar-refractivity contribution in [2.45, 2.75) is 6.92 Å². The molecular formula is C8H14N4. The molecule has 0 amide bonds. The maximum Gasteiger partial charge on any atom is 0.153 e. The molecule has 1 rings (SSSR count). The first-order chi connectivity index (χ1) is 5.65. The van der Waals surface area contributed by atoms with Gasteiger partial charge in [0.05, 0.1) is 5.69 Å². The molecule has 0 saturated carbocycles. The minimum atomic E-state index is 0.500. The Bertz CT molecular complexity index is 272. The quantitative estimate of drug-likeness (QED) is 0.678. The minimum absolute atomic E-state index is 0.500. The average Bonchev–Trinajstić information content (AvgIpc) is 2.08. The lowest BCUT2D eigenvalue weighted by molar-refractivity contribution is 0.942. The zero-order valence-electron chi connectivity index (χ0n) is 7.41. The van der Waals surface area contributed by atoms with Crippen LogP contribution < -0.4 is 16.4 Å². The largest absolute Gasteiger partial charge is 0.396 e. The number of aromatic nitrogens is 1. The van der Waals surface area contributed by atoms with E-state index in [0.29, 0.717) is 11.5 Å². The molecule has 0 aliphatic heterocycles. The highest BCUT2D eigenvalue weighted by Crippen LogP contribution is 2.19. The normalized spacial score (nSPS) is 9.83. The molecule has 0 aromatic carbocycles. The number of rotatable bonds is 2. The van der Waals surface area contributed by atoms with Gasteiger partial charge in [-0.05, 0) is 19.1 Å². The number of hydrogen-bond donors (Lipinski definition) is 2. The zero-order valence-corrected chi connectivity index (χ0v) is 7.41. The predicted octanol–water partition coefficient (Wildman–Crippen LogP) is 0.702. The topological polar surface area (TPSA) is 68.2 Å². The van der Waals surface area contributed by atoms with E-state index in [-0.39, 0.29) is 0 Å². The van der Waals surface area contributed by atoms with Gasteiger partial charge in [-0.3, -0.25) is 0 Å². The van der Waals surface area contributed by atoms with E-state index in [2.05, 4.69) is 4.98 Å². The number of anilines is 3. The second kappa shape index (κ2) is 3.30. The van der Waals surface area contributed by atoms with Gasteiger partial charge in [0, 0.05) is 13.6 Å². The number of nitrogens with zero attached hydrogens (tertiary/aromatic N) is 2. The Morgan fingerprint density at radius 2 is 2.08 bits per heavy atom. The van der Waals surface area contributed by atoms with Crippen LogP contribution in [0.25, 0.3) is 0 Å². The van der Waals surface area contributed by atoms with Gasteiger partial charge in [-0.15, -0.1) is 0 Å². The molecule has 4 nitrogen and oxygen atoms in total. The average molecular weight is 166 g/mol. The molecule has 1 aromatic heterocycles. The minimum Gasteiger partial charge on any atom is -0.396 e. The third kappa shape index (κ3) is 1.58. The van der Waals surface area contributed by atoms with E-state index in [1.54, 1.807) is 12.1 Å². The standard InChI is InChI=1S/C8H14N4/c1-3-12(2)8-6(9)4-5-7(10)11-8/h4-5H,3,9H2,1-2H3,(H2,10,11). The van der Waals surface area contributed by atoms with Crippen molar-refractivity contribution in [3.63, 3.8) is 0 Å². The third-order valence-corrected chi connectivity index (χ3v) is 1.76. The highest BCUT2D eigenvalue weighted by atomic mass is 15.2. The lowest BCUT2D eigenvalue weighted by Crippen LogP contribution is -2.19. The molecular weight excluding hydrogens is 152 g/mol. The molecule has 0 bridgehead atoms. The Labute approximate surface area is 72.2 Å². The molecule has 0 radical (unpaired) electrons. The van der Waals surface area contributed by atoms with Crippen molar-refractivity contribution in [2.75, 3.05) is 30.0 Å². The van der Waals surface area contributed by atoms with Gasteiger partial charge in [-0.2, -0.15) is 0 Å². The maximum absolute atomic E-state index is 5.71. The van der Waals surface area contributed by atoms with Crippen LogP contribution in [-0.4, -0.2) is 18.6 Å². The van der Waals surface area contributed by atoms with Gasteiger partial charge in [-0.25, -0.2) is 4.98 Å². The Morgan fingerprint density at radius 3 is 2.67 bits per heavy atom. The molecule has 4 N–H and O–H groups in total. The summed E-state index contributed by atoms with van der Waals surface area (Å²) in [5, 5.41) is 0. The van der Waals surface area contributed by atoms with E-state index >= 15 is 0 Å². The second-order valence-electron chi connectivity index (χ2n) is 2.66. The lowest BCUT2D eigenvalue weighted by Gasteiger charge is -2.17. The van der Waals surface area contributed by atoms with Gasteiger partial charge in [-0.1, -0.05) is 0 Å². The predicted molar refractivity (Wildman–Crippen MR) is 52.0 cm³/mol. The summed E-state index contributed by atoms with van der Waals surface area (Å²) < 4.78 is 0. The first-order valence-corrected chi connectivity index (χ1v) is 3.88. The Morgan fingerprint density at radius 1 is 1.42 bits per heavy atom. The fourth-order valence-corrected chi connectivity index (χ4v) is 0.929. The van der Waals surface area contributed by atoms with E-state index in [4.69, 9.17) is 11.5 Å². The van der Waals surface area contributed by atoms with Gasteiger partial charge in [0.25, 0.3) is 0 Å². The fraction of sp³-hybridized carbons (Fsp3) is 0.375. The molecule has 0 unspecified atom stereocenters. The molecule has 0 aliphatic rings. The van der Waals surface area contributed by atoms with Crippen LogP contribution in [0.1, 0.15) is 6.92 Å². The Hall–Kier alpha value is -1.45. The molecule has 12 heavy (non-hydrogen) atoms. The lowest BCUT2D eigenvalue weighted by atomic mass is 10.3. The van der Waals surface area contributed by atoms with Crippen molar-refractivity contribution < 1.29 is 0 Å². The first-order valence-electron chi connectivity index (χ1n) is 3.88. The third-order valence-electron chi connectivity index (χ3n) is 1.76. The summed E-state index contributed by atoms with van der Waals surface area (Å²) in [5.74, 6) is 1.25. The van der Waals surface area contributed by atoms with Gasteiger partial charge >= 0.3 is 0 Å². The summed E-state index contributed by atoms with van der Waals surface area (Å²) in [4.78, 5) is 6.07. The van der Waals surface area contributed by atoms with Gasteiger partial charge in [0.15, 0.2) is 5.82 Å². The van der Waals surface area contributed by atoms with Crippen molar-refractivity contribution >= 4 is 17.3 Å². The molecule has 1 heterocycles. The van der Waals surface area contributed by atoms with Crippen LogP contribution in [0.4, 0.5) is 17.3 Å². The van der Waals surface area contributed by atoms with E-state index < -0.39 is 0 Å². The van der Waals surface area contributed by atoms with Crippen molar-refractivity contribution in [2.24, 2.45) is 0 Å². The van der Waals surface area contributed by atoms with Crippen LogP contribution in [0, 0.1) is 0 Å². The summed E-state index contributed by atoms with van der Waals surface area (Å²) >= 11 is 0. The highest BCUT2D eigenvalue weighted by Gasteiger charge is 2.04. The first kappa shape index (κ1) is 8.64. The summed E-state index contributed by atoms with van der Waals surface area (Å²) in [6.45, 7) is 2.89. The van der Waals surface area contributed by atoms with Crippen molar-refractivity contribution in [3.8, 4) is 0 Å². The number of nitrogens with two attached hydrogens (primary N) is 2. The SMILES string of the molecule is CCN(C)c1nc(N)ccc1N.